The molecule has 0 heterocycles. The summed E-state index contributed by atoms with van der Waals surface area (Å²) in [6, 6.07) is 31.6. The standard InChI is InChI=1S/3C7H8O.C7H7.Hf/c3*1-6-4-2-3-5-7(6)8;1-7-5-3-2-4-6-7;/h3*2-5,8H,1H3;2-6H,1H2;/q;;;-1;. The van der Waals surface area contributed by atoms with Gasteiger partial charge in [0.25, 0.3) is 0 Å². The minimum Gasteiger partial charge on any atom is -0.508 e. The van der Waals surface area contributed by atoms with Crippen LogP contribution < -0.4 is 0 Å². The van der Waals surface area contributed by atoms with Gasteiger partial charge in [0.1, 0.15) is 17.2 Å². The molecule has 0 amide bonds. The molecule has 0 aliphatic carbocycles. The van der Waals surface area contributed by atoms with Gasteiger partial charge in [-0.05, 0) is 55.7 Å². The van der Waals surface area contributed by atoms with Gasteiger partial charge in [0.2, 0.25) is 0 Å². The fourth-order valence-electron chi connectivity index (χ4n) is 2.17. The molecule has 4 rings (SSSR count). The van der Waals surface area contributed by atoms with Gasteiger partial charge in [0, 0.05) is 25.8 Å². The van der Waals surface area contributed by atoms with Crippen LogP contribution in [0.3, 0.4) is 0 Å². The Labute approximate surface area is 210 Å². The first-order chi connectivity index (χ1) is 14.8. The molecular weight excluding hydrogens is 563 g/mol. The van der Waals surface area contributed by atoms with E-state index in [9.17, 15) is 0 Å². The molecule has 0 aliphatic heterocycles. The molecular formula is C28H31HfO3-. The third-order valence-corrected chi connectivity index (χ3v) is 4.19. The summed E-state index contributed by atoms with van der Waals surface area (Å²) < 4.78 is 0. The van der Waals surface area contributed by atoms with Crippen molar-refractivity contribution in [3.63, 3.8) is 0 Å². The largest absolute Gasteiger partial charge is 0.508 e. The van der Waals surface area contributed by atoms with Crippen LogP contribution in [0.2, 0.25) is 0 Å². The number of aryl methyl sites for hydroxylation is 3. The zero-order valence-electron chi connectivity index (χ0n) is 18.9. The topological polar surface area (TPSA) is 60.7 Å². The van der Waals surface area contributed by atoms with Crippen molar-refractivity contribution in [3.05, 3.63) is 132 Å². The van der Waals surface area contributed by atoms with Crippen LogP contribution in [0.15, 0.2) is 103 Å². The van der Waals surface area contributed by atoms with E-state index in [2.05, 4.69) is 6.92 Å². The van der Waals surface area contributed by atoms with Gasteiger partial charge in [-0.25, -0.2) is 0 Å². The third kappa shape index (κ3) is 12.7. The Hall–Kier alpha value is -2.98. The number of para-hydroxylation sites is 3. The Morgan fingerprint density at radius 3 is 0.844 bits per heavy atom. The van der Waals surface area contributed by atoms with E-state index in [1.165, 1.54) is 0 Å². The van der Waals surface area contributed by atoms with Crippen molar-refractivity contribution in [2.24, 2.45) is 0 Å². The minimum atomic E-state index is 0. The number of benzene rings is 4. The van der Waals surface area contributed by atoms with E-state index in [0.717, 1.165) is 22.3 Å². The molecule has 0 saturated heterocycles. The van der Waals surface area contributed by atoms with E-state index in [0.29, 0.717) is 17.2 Å². The molecule has 0 radical (unpaired) electrons. The molecule has 4 aromatic carbocycles. The second-order valence-corrected chi connectivity index (χ2v) is 6.85. The predicted octanol–water partition coefficient (Wildman–Crippen LogP) is 6.97. The third-order valence-electron chi connectivity index (χ3n) is 4.19. The van der Waals surface area contributed by atoms with Crippen LogP contribution >= 0.6 is 0 Å². The number of rotatable bonds is 0. The maximum Gasteiger partial charge on any atom is 0.118 e. The van der Waals surface area contributed by atoms with Crippen molar-refractivity contribution in [2.75, 3.05) is 0 Å². The molecule has 166 valence electrons. The van der Waals surface area contributed by atoms with E-state index in [1.807, 2.05) is 106 Å². The normalized spacial score (nSPS) is 8.72. The average molecular weight is 594 g/mol. The van der Waals surface area contributed by atoms with Crippen molar-refractivity contribution in [3.8, 4) is 17.2 Å². The van der Waals surface area contributed by atoms with Crippen LogP contribution in [0.4, 0.5) is 0 Å². The van der Waals surface area contributed by atoms with E-state index in [4.69, 9.17) is 15.3 Å². The molecule has 0 bridgehead atoms. The summed E-state index contributed by atoms with van der Waals surface area (Å²) in [5.74, 6) is 1.10. The monoisotopic (exact) mass is 595 g/mol. The van der Waals surface area contributed by atoms with E-state index < -0.39 is 0 Å². The summed E-state index contributed by atoms with van der Waals surface area (Å²) in [5, 5.41) is 26.8. The summed E-state index contributed by atoms with van der Waals surface area (Å²) in [6.45, 7) is 9.33. The fourth-order valence-corrected chi connectivity index (χ4v) is 2.17. The molecule has 0 spiro atoms. The SMILES string of the molecule is Cc1ccccc1O.Cc1ccccc1O.Cc1ccccc1O.[CH2-]c1ccccc1.[Hf]. The second kappa shape index (κ2) is 16.7. The summed E-state index contributed by atoms with van der Waals surface area (Å²) in [4.78, 5) is 0. The molecule has 4 aromatic rings. The minimum absolute atomic E-state index is 0. The number of aromatic hydroxyl groups is 3. The molecule has 4 heteroatoms. The Balaban J connectivity index is 0.000000397. The molecule has 0 unspecified atom stereocenters. The summed E-state index contributed by atoms with van der Waals surface area (Å²) in [5.41, 5.74) is 3.84. The first-order valence-corrected chi connectivity index (χ1v) is 9.92. The first-order valence-electron chi connectivity index (χ1n) is 9.92. The zero-order valence-corrected chi connectivity index (χ0v) is 22.5. The fraction of sp³-hybridized carbons (Fsp3) is 0.107. The summed E-state index contributed by atoms with van der Waals surface area (Å²) in [6.07, 6.45) is 0. The van der Waals surface area contributed by atoms with E-state index in [-0.39, 0.29) is 25.8 Å². The molecule has 0 aliphatic rings. The number of phenolic OH excluding ortho intramolecular Hbond substituents is 3. The zero-order chi connectivity index (χ0) is 23.1. The molecule has 3 N–H and O–H groups in total. The number of phenols is 3. The summed E-state index contributed by atoms with van der Waals surface area (Å²) in [7, 11) is 0. The molecule has 0 aromatic heterocycles. The van der Waals surface area contributed by atoms with Crippen LogP contribution in [0, 0.1) is 27.7 Å². The van der Waals surface area contributed by atoms with E-state index >= 15 is 0 Å². The van der Waals surface area contributed by atoms with Crippen LogP contribution in [-0.4, -0.2) is 15.3 Å². The number of hydrogen-bond acceptors (Lipinski definition) is 3. The van der Waals surface area contributed by atoms with Gasteiger partial charge in [0.15, 0.2) is 0 Å². The van der Waals surface area contributed by atoms with E-state index in [1.54, 1.807) is 18.2 Å². The second-order valence-electron chi connectivity index (χ2n) is 6.85. The molecule has 0 saturated carbocycles. The van der Waals surface area contributed by atoms with Crippen molar-refractivity contribution in [1.29, 1.82) is 0 Å². The van der Waals surface area contributed by atoms with Gasteiger partial charge in [0.05, 0.1) is 0 Å². The Kier molecular flexibility index (Phi) is 15.1. The first kappa shape index (κ1) is 29.0. The van der Waals surface area contributed by atoms with Crippen LogP contribution in [-0.2, 0) is 25.8 Å². The maximum absolute atomic E-state index is 8.92. The van der Waals surface area contributed by atoms with Crippen molar-refractivity contribution in [2.45, 2.75) is 20.8 Å². The van der Waals surface area contributed by atoms with Gasteiger partial charge in [-0.3, -0.25) is 0 Å². The Morgan fingerprint density at radius 2 is 0.688 bits per heavy atom. The van der Waals surface area contributed by atoms with Gasteiger partial charge >= 0.3 is 0 Å². The molecule has 0 atom stereocenters. The van der Waals surface area contributed by atoms with Crippen LogP contribution in [0.1, 0.15) is 22.3 Å². The van der Waals surface area contributed by atoms with Gasteiger partial charge in [-0.2, -0.15) is 24.6 Å². The van der Waals surface area contributed by atoms with Crippen molar-refractivity contribution < 1.29 is 41.2 Å². The van der Waals surface area contributed by atoms with Crippen molar-refractivity contribution in [1.82, 2.24) is 0 Å². The number of hydrogen-bond donors (Lipinski definition) is 3. The van der Waals surface area contributed by atoms with Crippen LogP contribution in [0.25, 0.3) is 0 Å². The molecule has 32 heavy (non-hydrogen) atoms. The smallest absolute Gasteiger partial charge is 0.118 e. The van der Waals surface area contributed by atoms with Crippen LogP contribution in [0.5, 0.6) is 17.2 Å². The van der Waals surface area contributed by atoms with Gasteiger partial charge in [-0.15, -0.1) is 12.1 Å². The van der Waals surface area contributed by atoms with Gasteiger partial charge < -0.3 is 15.3 Å². The molecule has 0 fully saturated rings. The van der Waals surface area contributed by atoms with Crippen molar-refractivity contribution >= 4 is 0 Å². The quantitative estimate of drug-likeness (QED) is 0.152. The maximum atomic E-state index is 8.92. The van der Waals surface area contributed by atoms with Gasteiger partial charge in [-0.1, -0.05) is 60.7 Å². The average Bonchev–Trinajstić information content (AvgIpc) is 2.77. The Morgan fingerprint density at radius 1 is 0.438 bits per heavy atom. The Bertz CT molecular complexity index is 851. The summed E-state index contributed by atoms with van der Waals surface area (Å²) >= 11 is 0. The predicted molar refractivity (Wildman–Crippen MR) is 129 cm³/mol. The molecule has 3 nitrogen and oxygen atoms in total.